The maximum Gasteiger partial charge on any atom is 0.262 e. The second-order valence-corrected chi connectivity index (χ2v) is 8.26. The van der Waals surface area contributed by atoms with Crippen LogP contribution in [0.1, 0.15) is 27.2 Å². The van der Waals surface area contributed by atoms with Crippen LogP contribution in [0, 0.1) is 0 Å². The summed E-state index contributed by atoms with van der Waals surface area (Å²) in [7, 11) is 4.02. The van der Waals surface area contributed by atoms with Crippen molar-refractivity contribution < 1.29 is 4.79 Å². The Balaban J connectivity index is 2.35. The minimum atomic E-state index is -0.328. The van der Waals surface area contributed by atoms with Gasteiger partial charge in [0.05, 0.1) is 16.2 Å². The van der Waals surface area contributed by atoms with Crippen molar-refractivity contribution in [2.24, 2.45) is 0 Å². The Morgan fingerprint density at radius 1 is 1.27 bits per heavy atom. The lowest BCUT2D eigenvalue weighted by Gasteiger charge is -2.18. The number of para-hydroxylation sites is 1. The van der Waals surface area contributed by atoms with Crippen LogP contribution < -0.4 is 10.9 Å². The zero-order chi connectivity index (χ0) is 19.3. The molecule has 7 heteroatoms. The first-order valence-electron chi connectivity index (χ1n) is 8.91. The first-order valence-corrected chi connectivity index (χ1v) is 9.79. The second kappa shape index (κ2) is 9.19. The minimum Gasteiger partial charge on any atom is -0.353 e. The molecule has 0 fully saturated rings. The molecule has 1 heterocycles. The van der Waals surface area contributed by atoms with Gasteiger partial charge in [0.1, 0.15) is 0 Å². The Kier molecular flexibility index (Phi) is 7.23. The van der Waals surface area contributed by atoms with Crippen LogP contribution in [0.15, 0.2) is 34.2 Å². The van der Waals surface area contributed by atoms with Gasteiger partial charge in [-0.2, -0.15) is 0 Å². The Bertz CT molecular complexity index is 817. The molecule has 6 nitrogen and oxygen atoms in total. The van der Waals surface area contributed by atoms with E-state index in [4.69, 9.17) is 0 Å². The highest BCUT2D eigenvalue weighted by molar-refractivity contribution is 8.00. The molecule has 1 amide bonds. The molecule has 142 valence electrons. The fraction of sp³-hybridized carbons (Fsp3) is 0.526. The van der Waals surface area contributed by atoms with E-state index in [1.807, 2.05) is 53.1 Å². The van der Waals surface area contributed by atoms with E-state index in [1.165, 1.54) is 11.8 Å². The summed E-state index contributed by atoms with van der Waals surface area (Å²) in [6.07, 6.45) is 0.840. The highest BCUT2D eigenvalue weighted by atomic mass is 32.2. The predicted octanol–water partition coefficient (Wildman–Crippen LogP) is 2.35. The molecule has 0 radical (unpaired) electrons. The third-order valence-electron chi connectivity index (χ3n) is 3.90. The molecule has 0 spiro atoms. The van der Waals surface area contributed by atoms with Crippen LogP contribution in [0.5, 0.6) is 0 Å². The number of amides is 1. The Hall–Kier alpha value is -1.86. The van der Waals surface area contributed by atoms with Crippen LogP contribution in [0.2, 0.25) is 0 Å². The molecule has 1 aromatic carbocycles. The second-order valence-electron chi connectivity index (χ2n) is 6.95. The summed E-state index contributed by atoms with van der Waals surface area (Å²) in [5, 5.41) is 3.79. The van der Waals surface area contributed by atoms with E-state index >= 15 is 0 Å². The number of benzene rings is 1. The first kappa shape index (κ1) is 20.5. The van der Waals surface area contributed by atoms with E-state index in [-0.39, 0.29) is 22.8 Å². The van der Waals surface area contributed by atoms with Crippen molar-refractivity contribution >= 4 is 28.6 Å². The molecular formula is C19H28N4O2S. The monoisotopic (exact) mass is 376 g/mol. The molecule has 2 aromatic rings. The van der Waals surface area contributed by atoms with Crippen molar-refractivity contribution in [1.29, 1.82) is 0 Å². The van der Waals surface area contributed by atoms with Gasteiger partial charge in [-0.05, 0) is 60.0 Å². The highest BCUT2D eigenvalue weighted by Crippen LogP contribution is 2.23. The predicted molar refractivity (Wildman–Crippen MR) is 108 cm³/mol. The van der Waals surface area contributed by atoms with Gasteiger partial charge < -0.3 is 10.2 Å². The molecule has 1 N–H and O–H groups in total. The number of fused-ring (bicyclic) bond motifs is 1. The highest BCUT2D eigenvalue weighted by Gasteiger charge is 2.19. The van der Waals surface area contributed by atoms with E-state index < -0.39 is 0 Å². The molecule has 1 aromatic heterocycles. The summed E-state index contributed by atoms with van der Waals surface area (Å²) in [5.41, 5.74) is 0.619. The van der Waals surface area contributed by atoms with Crippen LogP contribution in [-0.4, -0.2) is 52.3 Å². The molecule has 2 rings (SSSR count). The largest absolute Gasteiger partial charge is 0.353 e. The van der Waals surface area contributed by atoms with Crippen LogP contribution in [-0.2, 0) is 11.3 Å². The van der Waals surface area contributed by atoms with Gasteiger partial charge in [-0.15, -0.1) is 0 Å². The van der Waals surface area contributed by atoms with Gasteiger partial charge in [-0.25, -0.2) is 4.98 Å². The number of aromatic nitrogens is 2. The van der Waals surface area contributed by atoms with E-state index in [0.717, 1.165) is 13.0 Å². The maximum atomic E-state index is 12.9. The molecule has 0 saturated carbocycles. The number of nitrogens with one attached hydrogen (secondary N) is 1. The van der Waals surface area contributed by atoms with Crippen LogP contribution in [0.3, 0.4) is 0 Å². The fourth-order valence-electron chi connectivity index (χ4n) is 2.59. The number of nitrogens with zero attached hydrogens (tertiary/aromatic N) is 3. The number of hydrogen-bond acceptors (Lipinski definition) is 5. The first-order chi connectivity index (χ1) is 12.3. The summed E-state index contributed by atoms with van der Waals surface area (Å²) in [6.45, 7) is 7.16. The Morgan fingerprint density at radius 3 is 2.62 bits per heavy atom. The van der Waals surface area contributed by atoms with Gasteiger partial charge in [0.2, 0.25) is 5.91 Å². The summed E-state index contributed by atoms with van der Waals surface area (Å²) in [6, 6.07) is 7.44. The van der Waals surface area contributed by atoms with Crippen molar-refractivity contribution in [2.45, 2.75) is 50.2 Å². The molecule has 0 saturated heterocycles. The summed E-state index contributed by atoms with van der Waals surface area (Å²) >= 11 is 1.33. The lowest BCUT2D eigenvalue weighted by atomic mass is 10.2. The van der Waals surface area contributed by atoms with Crippen molar-refractivity contribution in [3.63, 3.8) is 0 Å². The van der Waals surface area contributed by atoms with Crippen molar-refractivity contribution in [2.75, 3.05) is 20.6 Å². The van der Waals surface area contributed by atoms with Gasteiger partial charge in [-0.1, -0.05) is 23.9 Å². The smallest absolute Gasteiger partial charge is 0.262 e. The van der Waals surface area contributed by atoms with Gasteiger partial charge >= 0.3 is 0 Å². The topological polar surface area (TPSA) is 67.2 Å². The number of thioether (sulfide) groups is 1. The number of rotatable bonds is 8. The SMILES string of the molecule is CC(C)NC(=O)[C@@H](C)Sc1nc2ccccc2c(=O)n1CCCN(C)C. The Morgan fingerprint density at radius 2 is 1.96 bits per heavy atom. The standard InChI is InChI=1S/C19H28N4O2S/c1-13(2)20-17(24)14(3)26-19-21-16-10-7-6-9-15(16)18(25)23(19)12-8-11-22(4)5/h6-7,9-10,13-14H,8,11-12H2,1-5H3,(H,20,24)/t14-/m1/s1. The molecule has 0 aliphatic carbocycles. The lowest BCUT2D eigenvalue weighted by Crippen LogP contribution is -2.36. The van der Waals surface area contributed by atoms with Crippen LogP contribution in [0.4, 0.5) is 0 Å². The fourth-order valence-corrected chi connectivity index (χ4v) is 3.54. The number of carbonyl (C=O) groups excluding carboxylic acids is 1. The van der Waals surface area contributed by atoms with Gasteiger partial charge in [0.25, 0.3) is 5.56 Å². The lowest BCUT2D eigenvalue weighted by molar-refractivity contribution is -0.120. The zero-order valence-corrected chi connectivity index (χ0v) is 17.0. The van der Waals surface area contributed by atoms with Gasteiger partial charge in [-0.3, -0.25) is 14.2 Å². The molecule has 0 bridgehead atoms. The van der Waals surface area contributed by atoms with E-state index in [1.54, 1.807) is 10.6 Å². The summed E-state index contributed by atoms with van der Waals surface area (Å²) in [5.74, 6) is -0.0488. The average molecular weight is 377 g/mol. The zero-order valence-electron chi connectivity index (χ0n) is 16.2. The third kappa shape index (κ3) is 5.32. The van der Waals surface area contributed by atoms with E-state index in [2.05, 4.69) is 15.2 Å². The molecule has 0 aliphatic rings. The van der Waals surface area contributed by atoms with E-state index in [9.17, 15) is 9.59 Å². The molecule has 0 aliphatic heterocycles. The quantitative estimate of drug-likeness (QED) is 0.566. The Labute approximate surface area is 159 Å². The van der Waals surface area contributed by atoms with Crippen LogP contribution >= 0.6 is 11.8 Å². The number of hydrogen-bond donors (Lipinski definition) is 1. The summed E-state index contributed by atoms with van der Waals surface area (Å²) in [4.78, 5) is 32.0. The average Bonchev–Trinajstić information content (AvgIpc) is 2.56. The van der Waals surface area contributed by atoms with Crippen molar-refractivity contribution in [3.05, 3.63) is 34.6 Å². The summed E-state index contributed by atoms with van der Waals surface area (Å²) < 4.78 is 1.70. The van der Waals surface area contributed by atoms with Crippen molar-refractivity contribution in [1.82, 2.24) is 19.8 Å². The molecular weight excluding hydrogens is 348 g/mol. The number of carbonyl (C=O) groups is 1. The third-order valence-corrected chi connectivity index (χ3v) is 4.99. The van der Waals surface area contributed by atoms with Gasteiger partial charge in [0, 0.05) is 12.6 Å². The van der Waals surface area contributed by atoms with Gasteiger partial charge in [0.15, 0.2) is 5.16 Å². The van der Waals surface area contributed by atoms with Crippen molar-refractivity contribution in [3.8, 4) is 0 Å². The molecule has 0 unspecified atom stereocenters. The molecule has 1 atom stereocenters. The normalized spacial score (nSPS) is 12.7. The maximum absolute atomic E-state index is 12.9. The molecule has 26 heavy (non-hydrogen) atoms. The van der Waals surface area contributed by atoms with E-state index in [0.29, 0.717) is 22.6 Å². The van der Waals surface area contributed by atoms with Crippen LogP contribution in [0.25, 0.3) is 10.9 Å². The minimum absolute atomic E-state index is 0.0478.